The molecule has 15 heavy (non-hydrogen) atoms. The number of H-pyrrole nitrogens is 1. The first-order valence-corrected chi connectivity index (χ1v) is 4.31. The third-order valence-electron chi connectivity index (χ3n) is 2.13. The van der Waals surface area contributed by atoms with E-state index in [2.05, 4.69) is 20.4 Å². The molecule has 0 spiro atoms. The summed E-state index contributed by atoms with van der Waals surface area (Å²) in [6.07, 6.45) is 1.45. The first-order valence-electron chi connectivity index (χ1n) is 4.31. The fourth-order valence-corrected chi connectivity index (χ4v) is 1.33. The van der Waals surface area contributed by atoms with Gasteiger partial charge in [-0.1, -0.05) is 0 Å². The van der Waals surface area contributed by atoms with Gasteiger partial charge in [-0.3, -0.25) is 4.79 Å². The molecule has 2 rings (SSSR count). The summed E-state index contributed by atoms with van der Waals surface area (Å²) in [6.45, 7) is 0.0281. The Morgan fingerprint density at radius 3 is 3.07 bits per heavy atom. The molecule has 0 aliphatic carbocycles. The molecule has 2 aromatic rings. The smallest absolute Gasteiger partial charge is 0.312 e. The Labute approximate surface area is 84.3 Å². The van der Waals surface area contributed by atoms with Crippen LogP contribution in [0.15, 0.2) is 12.3 Å². The number of hydrogen-bond acceptors (Lipinski definition) is 5. The van der Waals surface area contributed by atoms with Crippen molar-refractivity contribution < 1.29 is 9.90 Å². The van der Waals surface area contributed by atoms with Crippen LogP contribution in [-0.4, -0.2) is 38.0 Å². The first-order chi connectivity index (χ1) is 7.22. The van der Waals surface area contributed by atoms with E-state index in [0.717, 1.165) is 0 Å². The second-order valence-electron chi connectivity index (χ2n) is 3.06. The minimum atomic E-state index is -0.970. The topological polar surface area (TPSA) is 118 Å². The molecule has 0 aliphatic heterocycles. The Balaban J connectivity index is 2.46. The van der Waals surface area contributed by atoms with Crippen molar-refractivity contribution in [3.8, 4) is 0 Å². The van der Waals surface area contributed by atoms with Gasteiger partial charge in [0.05, 0.1) is 5.92 Å². The van der Waals surface area contributed by atoms with Crippen LogP contribution >= 0.6 is 0 Å². The van der Waals surface area contributed by atoms with Gasteiger partial charge in [0.1, 0.15) is 5.52 Å². The van der Waals surface area contributed by atoms with Gasteiger partial charge in [-0.25, -0.2) is 4.98 Å². The molecule has 0 fully saturated rings. The third kappa shape index (κ3) is 1.64. The second-order valence-corrected chi connectivity index (χ2v) is 3.06. The number of nitrogens with one attached hydrogen (secondary N) is 1. The van der Waals surface area contributed by atoms with Gasteiger partial charge in [0.25, 0.3) is 0 Å². The van der Waals surface area contributed by atoms with Crippen LogP contribution in [-0.2, 0) is 4.79 Å². The average Bonchev–Trinajstić information content (AvgIpc) is 2.65. The summed E-state index contributed by atoms with van der Waals surface area (Å²) >= 11 is 0. The number of hydrogen-bond donors (Lipinski definition) is 3. The Hall–Kier alpha value is -2.02. The number of carboxylic acid groups (broad SMARTS) is 1. The van der Waals surface area contributed by atoms with Gasteiger partial charge in [-0.2, -0.15) is 10.3 Å². The Kier molecular flexibility index (Phi) is 2.30. The van der Waals surface area contributed by atoms with E-state index >= 15 is 0 Å². The third-order valence-corrected chi connectivity index (χ3v) is 2.13. The molecule has 0 saturated heterocycles. The number of carboxylic acids is 1. The van der Waals surface area contributed by atoms with E-state index in [0.29, 0.717) is 16.7 Å². The van der Waals surface area contributed by atoms with E-state index in [1.807, 2.05) is 0 Å². The second kappa shape index (κ2) is 3.62. The fraction of sp³-hybridized carbons (Fsp3) is 0.250. The standard InChI is InChI=1S/C8H9N5O2/c9-2-5(8(14)15)4-1-6-7(10-3-4)12-13-11-6/h1,3,5H,2,9H2,(H,14,15)(H,10,11,12,13). The van der Waals surface area contributed by atoms with Crippen LogP contribution in [0.25, 0.3) is 11.2 Å². The van der Waals surface area contributed by atoms with Gasteiger partial charge < -0.3 is 10.8 Å². The van der Waals surface area contributed by atoms with Crippen molar-refractivity contribution >= 4 is 17.1 Å². The maximum atomic E-state index is 10.9. The van der Waals surface area contributed by atoms with Crippen LogP contribution in [0, 0.1) is 0 Å². The molecule has 2 aromatic heterocycles. The largest absolute Gasteiger partial charge is 0.481 e. The van der Waals surface area contributed by atoms with Crippen LogP contribution < -0.4 is 5.73 Å². The maximum Gasteiger partial charge on any atom is 0.312 e. The molecule has 0 bridgehead atoms. The number of aliphatic carboxylic acids is 1. The van der Waals surface area contributed by atoms with E-state index in [4.69, 9.17) is 10.8 Å². The van der Waals surface area contributed by atoms with Crippen LogP contribution in [0.1, 0.15) is 11.5 Å². The van der Waals surface area contributed by atoms with E-state index in [1.165, 1.54) is 6.20 Å². The van der Waals surface area contributed by atoms with Crippen molar-refractivity contribution in [2.75, 3.05) is 6.54 Å². The number of aromatic nitrogens is 4. The van der Waals surface area contributed by atoms with Crippen molar-refractivity contribution in [3.63, 3.8) is 0 Å². The number of pyridine rings is 1. The number of aromatic amines is 1. The summed E-state index contributed by atoms with van der Waals surface area (Å²) in [6, 6.07) is 1.62. The monoisotopic (exact) mass is 207 g/mol. The number of rotatable bonds is 3. The quantitative estimate of drug-likeness (QED) is 0.623. The van der Waals surface area contributed by atoms with Crippen molar-refractivity contribution in [1.82, 2.24) is 20.4 Å². The Morgan fingerprint density at radius 2 is 2.40 bits per heavy atom. The number of fused-ring (bicyclic) bond motifs is 1. The van der Waals surface area contributed by atoms with Crippen LogP contribution in [0.2, 0.25) is 0 Å². The van der Waals surface area contributed by atoms with Crippen molar-refractivity contribution in [1.29, 1.82) is 0 Å². The minimum absolute atomic E-state index is 0.0281. The van der Waals surface area contributed by atoms with Gasteiger partial charge in [-0.05, 0) is 11.6 Å². The first kappa shape index (κ1) is 9.53. The molecule has 7 heteroatoms. The highest BCUT2D eigenvalue weighted by molar-refractivity contribution is 5.78. The van der Waals surface area contributed by atoms with E-state index < -0.39 is 11.9 Å². The predicted molar refractivity (Wildman–Crippen MR) is 51.1 cm³/mol. The summed E-state index contributed by atoms with van der Waals surface area (Å²) in [5.41, 5.74) is 6.90. The molecule has 0 saturated carbocycles. The highest BCUT2D eigenvalue weighted by Gasteiger charge is 2.19. The molecule has 1 atom stereocenters. The van der Waals surface area contributed by atoms with Gasteiger partial charge in [0.15, 0.2) is 0 Å². The SMILES string of the molecule is NCC(C(=O)O)c1cnc2n[nH]nc2c1. The Bertz CT molecular complexity index is 494. The van der Waals surface area contributed by atoms with Crippen LogP contribution in [0.3, 0.4) is 0 Å². The molecule has 0 aliphatic rings. The molecule has 0 amide bonds. The van der Waals surface area contributed by atoms with Crippen LogP contribution in [0.5, 0.6) is 0 Å². The number of carbonyl (C=O) groups is 1. The lowest BCUT2D eigenvalue weighted by molar-refractivity contribution is -0.138. The maximum absolute atomic E-state index is 10.9. The van der Waals surface area contributed by atoms with Gasteiger partial charge in [-0.15, -0.1) is 5.10 Å². The van der Waals surface area contributed by atoms with Crippen molar-refractivity contribution in [2.45, 2.75) is 5.92 Å². The molecule has 0 aromatic carbocycles. The molecule has 1 unspecified atom stereocenters. The zero-order valence-electron chi connectivity index (χ0n) is 7.71. The van der Waals surface area contributed by atoms with E-state index in [1.54, 1.807) is 6.07 Å². The molecule has 78 valence electrons. The number of nitrogens with two attached hydrogens (primary N) is 1. The lowest BCUT2D eigenvalue weighted by Gasteiger charge is -2.08. The summed E-state index contributed by atoms with van der Waals surface area (Å²) < 4.78 is 0. The Morgan fingerprint density at radius 1 is 1.60 bits per heavy atom. The van der Waals surface area contributed by atoms with Crippen molar-refractivity contribution in [2.24, 2.45) is 5.73 Å². The van der Waals surface area contributed by atoms with Gasteiger partial charge in [0, 0.05) is 12.7 Å². The zero-order chi connectivity index (χ0) is 10.8. The van der Waals surface area contributed by atoms with E-state index in [-0.39, 0.29) is 6.54 Å². The summed E-state index contributed by atoms with van der Waals surface area (Å²) in [7, 11) is 0. The van der Waals surface area contributed by atoms with Crippen LogP contribution in [0.4, 0.5) is 0 Å². The summed E-state index contributed by atoms with van der Waals surface area (Å²) in [5, 5.41) is 18.9. The minimum Gasteiger partial charge on any atom is -0.481 e. The molecule has 0 radical (unpaired) electrons. The highest BCUT2D eigenvalue weighted by atomic mass is 16.4. The van der Waals surface area contributed by atoms with E-state index in [9.17, 15) is 4.79 Å². The zero-order valence-corrected chi connectivity index (χ0v) is 7.71. The summed E-state index contributed by atoms with van der Waals surface area (Å²) in [4.78, 5) is 14.8. The number of nitrogens with zero attached hydrogens (tertiary/aromatic N) is 3. The molecule has 7 nitrogen and oxygen atoms in total. The molecule has 2 heterocycles. The van der Waals surface area contributed by atoms with Crippen molar-refractivity contribution in [3.05, 3.63) is 17.8 Å². The highest BCUT2D eigenvalue weighted by Crippen LogP contribution is 2.16. The average molecular weight is 207 g/mol. The summed E-state index contributed by atoms with van der Waals surface area (Å²) in [5.74, 6) is -1.72. The molecular formula is C8H9N5O2. The normalized spacial score (nSPS) is 12.9. The predicted octanol–water partition coefficient (Wildman–Crippen LogP) is -0.520. The molecular weight excluding hydrogens is 198 g/mol. The molecule has 4 N–H and O–H groups in total. The lowest BCUT2D eigenvalue weighted by Crippen LogP contribution is -2.21. The van der Waals surface area contributed by atoms with Gasteiger partial charge in [0.2, 0.25) is 5.65 Å². The fourth-order valence-electron chi connectivity index (χ4n) is 1.33. The lowest BCUT2D eigenvalue weighted by atomic mass is 10.0. The van der Waals surface area contributed by atoms with Gasteiger partial charge >= 0.3 is 5.97 Å².